The summed E-state index contributed by atoms with van der Waals surface area (Å²) in [5.41, 5.74) is 1.27. The summed E-state index contributed by atoms with van der Waals surface area (Å²) >= 11 is 0. The molecule has 0 spiro atoms. The van der Waals surface area contributed by atoms with Crippen LogP contribution >= 0.6 is 0 Å². The van der Waals surface area contributed by atoms with E-state index in [9.17, 15) is 19.8 Å². The van der Waals surface area contributed by atoms with Gasteiger partial charge in [0.1, 0.15) is 11.8 Å². The van der Waals surface area contributed by atoms with Gasteiger partial charge in [-0.2, -0.15) is 0 Å². The molecule has 0 saturated carbocycles. The predicted octanol–water partition coefficient (Wildman–Crippen LogP) is 1.72. The summed E-state index contributed by atoms with van der Waals surface area (Å²) in [6.07, 6.45) is 1.19. The summed E-state index contributed by atoms with van der Waals surface area (Å²) in [6, 6.07) is 3.38. The van der Waals surface area contributed by atoms with E-state index in [1.54, 1.807) is 19.9 Å². The lowest BCUT2D eigenvalue weighted by atomic mass is 10.0. The molecule has 3 N–H and O–H groups in total. The fourth-order valence-corrected chi connectivity index (χ4v) is 1.97. The Morgan fingerprint density at radius 1 is 1.39 bits per heavy atom. The monoisotopic (exact) mass is 323 g/mol. The van der Waals surface area contributed by atoms with Crippen LogP contribution in [0.4, 0.5) is 0 Å². The maximum absolute atomic E-state index is 11.5. The van der Waals surface area contributed by atoms with Crippen molar-refractivity contribution in [3.05, 3.63) is 41.1 Å². The van der Waals surface area contributed by atoms with E-state index in [1.807, 2.05) is 0 Å². The molecule has 0 aromatic heterocycles. The van der Waals surface area contributed by atoms with Gasteiger partial charge < -0.3 is 25.0 Å². The lowest BCUT2D eigenvalue weighted by Crippen LogP contribution is -2.27. The van der Waals surface area contributed by atoms with Crippen LogP contribution in [-0.2, 0) is 25.7 Å². The molecule has 0 fully saturated rings. The summed E-state index contributed by atoms with van der Waals surface area (Å²) in [7, 11) is 1.48. The Bertz CT molecular complexity index is 596. The van der Waals surface area contributed by atoms with E-state index in [4.69, 9.17) is 9.47 Å². The number of esters is 1. The molecule has 0 saturated heterocycles. The van der Waals surface area contributed by atoms with E-state index >= 15 is 0 Å². The summed E-state index contributed by atoms with van der Waals surface area (Å²) in [4.78, 5) is 22.9. The average Bonchev–Trinajstić information content (AvgIpc) is 2.47. The number of allylic oxidation sites excluding steroid dienone is 1. The van der Waals surface area contributed by atoms with Gasteiger partial charge in [-0.3, -0.25) is 0 Å². The van der Waals surface area contributed by atoms with Gasteiger partial charge in [0.15, 0.2) is 0 Å². The van der Waals surface area contributed by atoms with Gasteiger partial charge in [0.2, 0.25) is 0 Å². The number of phenols is 1. The standard InChI is InChI=1S/C16H21NO6/c1-4-23-14(19)7-10(2)17-15(16(20)21)11-5-6-13(18)12(8-11)9-22-3/h5-8,15,17-18H,4,9H2,1-3H3,(H,20,21). The van der Waals surface area contributed by atoms with Crippen molar-refractivity contribution in [1.82, 2.24) is 5.32 Å². The molecule has 1 aromatic carbocycles. The maximum Gasteiger partial charge on any atom is 0.332 e. The van der Waals surface area contributed by atoms with Crippen molar-refractivity contribution in [3.63, 3.8) is 0 Å². The highest BCUT2D eigenvalue weighted by molar-refractivity contribution is 5.83. The zero-order chi connectivity index (χ0) is 17.4. The molecule has 1 aromatic rings. The van der Waals surface area contributed by atoms with Gasteiger partial charge >= 0.3 is 11.9 Å². The summed E-state index contributed by atoms with van der Waals surface area (Å²) in [6.45, 7) is 3.65. The molecule has 7 heteroatoms. The molecule has 23 heavy (non-hydrogen) atoms. The molecule has 0 aliphatic carbocycles. The van der Waals surface area contributed by atoms with Gasteiger partial charge in [0, 0.05) is 24.4 Å². The number of hydrogen-bond acceptors (Lipinski definition) is 6. The Hall–Kier alpha value is -2.54. The van der Waals surface area contributed by atoms with Crippen LogP contribution in [0, 0.1) is 0 Å². The quantitative estimate of drug-likeness (QED) is 0.494. The van der Waals surface area contributed by atoms with Gasteiger partial charge in [-0.25, -0.2) is 9.59 Å². The number of carbonyl (C=O) groups is 2. The second kappa shape index (κ2) is 8.79. The first kappa shape index (κ1) is 18.5. The van der Waals surface area contributed by atoms with Crippen LogP contribution in [0.3, 0.4) is 0 Å². The number of aromatic hydroxyl groups is 1. The van der Waals surface area contributed by atoms with Crippen LogP contribution in [-0.4, -0.2) is 35.9 Å². The first-order chi connectivity index (χ1) is 10.9. The number of aliphatic carboxylic acids is 1. The minimum atomic E-state index is -1.12. The molecule has 1 atom stereocenters. The van der Waals surface area contributed by atoms with Crippen LogP contribution in [0.1, 0.15) is 31.0 Å². The number of carboxylic acids is 1. The molecule has 1 rings (SSSR count). The highest BCUT2D eigenvalue weighted by atomic mass is 16.5. The van der Waals surface area contributed by atoms with Crippen LogP contribution in [0.2, 0.25) is 0 Å². The zero-order valence-electron chi connectivity index (χ0n) is 13.3. The van der Waals surface area contributed by atoms with E-state index in [2.05, 4.69) is 5.32 Å². The zero-order valence-corrected chi connectivity index (χ0v) is 13.3. The molecule has 126 valence electrons. The molecular formula is C16H21NO6. The minimum Gasteiger partial charge on any atom is -0.508 e. The van der Waals surface area contributed by atoms with Crippen LogP contribution in [0.15, 0.2) is 30.0 Å². The number of ether oxygens (including phenoxy) is 2. The lowest BCUT2D eigenvalue weighted by molar-refractivity contribution is -0.140. The van der Waals surface area contributed by atoms with Gasteiger partial charge in [-0.15, -0.1) is 0 Å². The van der Waals surface area contributed by atoms with Crippen LogP contribution < -0.4 is 5.32 Å². The van der Waals surface area contributed by atoms with Gasteiger partial charge in [0.25, 0.3) is 0 Å². The van der Waals surface area contributed by atoms with Gasteiger partial charge in [-0.1, -0.05) is 6.07 Å². The Labute approximate surface area is 134 Å². The van der Waals surface area contributed by atoms with Crippen molar-refractivity contribution in [2.75, 3.05) is 13.7 Å². The normalized spacial score (nSPS) is 12.6. The number of rotatable bonds is 8. The Morgan fingerprint density at radius 3 is 2.65 bits per heavy atom. The maximum atomic E-state index is 11.5. The number of phenolic OH excluding ortho intramolecular Hbond substituents is 1. The van der Waals surface area contributed by atoms with Gasteiger partial charge in [-0.05, 0) is 31.5 Å². The molecule has 1 unspecified atom stereocenters. The minimum absolute atomic E-state index is 0.0264. The third-order valence-corrected chi connectivity index (χ3v) is 2.98. The van der Waals surface area contributed by atoms with Crippen molar-refractivity contribution < 1.29 is 29.3 Å². The van der Waals surface area contributed by atoms with Crippen molar-refractivity contribution in [2.24, 2.45) is 0 Å². The second-order valence-corrected chi connectivity index (χ2v) is 4.82. The van der Waals surface area contributed by atoms with E-state index in [1.165, 1.54) is 25.3 Å². The molecular weight excluding hydrogens is 302 g/mol. The molecule has 0 aliphatic heterocycles. The number of carbonyl (C=O) groups excluding carboxylic acids is 1. The Balaban J connectivity index is 3.01. The van der Waals surface area contributed by atoms with E-state index in [-0.39, 0.29) is 19.0 Å². The fourth-order valence-electron chi connectivity index (χ4n) is 1.97. The Kier molecular flexibility index (Phi) is 7.08. The van der Waals surface area contributed by atoms with Crippen LogP contribution in [0.25, 0.3) is 0 Å². The lowest BCUT2D eigenvalue weighted by Gasteiger charge is -2.17. The number of methoxy groups -OCH3 is 1. The average molecular weight is 323 g/mol. The highest BCUT2D eigenvalue weighted by Gasteiger charge is 2.21. The van der Waals surface area contributed by atoms with Crippen LogP contribution in [0.5, 0.6) is 5.75 Å². The number of carboxylic acid groups (broad SMARTS) is 1. The first-order valence-electron chi connectivity index (χ1n) is 7.04. The summed E-state index contributed by atoms with van der Waals surface area (Å²) < 4.78 is 9.74. The molecule has 0 radical (unpaired) electrons. The first-order valence-corrected chi connectivity index (χ1v) is 7.04. The third-order valence-electron chi connectivity index (χ3n) is 2.98. The topological polar surface area (TPSA) is 105 Å². The van der Waals surface area contributed by atoms with Crippen molar-refractivity contribution in [1.29, 1.82) is 0 Å². The SMILES string of the molecule is CCOC(=O)C=C(C)NC(C(=O)O)c1ccc(O)c(COC)c1. The number of nitrogens with one attached hydrogen (secondary N) is 1. The van der Waals surface area contributed by atoms with E-state index < -0.39 is 18.0 Å². The molecule has 0 amide bonds. The Morgan fingerprint density at radius 2 is 2.09 bits per heavy atom. The molecule has 0 aliphatic rings. The molecule has 0 bridgehead atoms. The smallest absolute Gasteiger partial charge is 0.332 e. The van der Waals surface area contributed by atoms with Crippen molar-refractivity contribution in [2.45, 2.75) is 26.5 Å². The highest BCUT2D eigenvalue weighted by Crippen LogP contribution is 2.24. The van der Waals surface area contributed by atoms with E-state index in [0.717, 1.165) is 0 Å². The van der Waals surface area contributed by atoms with Crippen molar-refractivity contribution >= 4 is 11.9 Å². The number of benzene rings is 1. The largest absolute Gasteiger partial charge is 0.508 e. The van der Waals surface area contributed by atoms with E-state index in [0.29, 0.717) is 16.8 Å². The molecule has 0 heterocycles. The van der Waals surface area contributed by atoms with Crippen molar-refractivity contribution in [3.8, 4) is 5.75 Å². The van der Waals surface area contributed by atoms with Gasteiger partial charge in [0.05, 0.1) is 13.2 Å². The number of hydrogen-bond donors (Lipinski definition) is 3. The molecule has 7 nitrogen and oxygen atoms in total. The second-order valence-electron chi connectivity index (χ2n) is 4.82. The third kappa shape index (κ3) is 5.63. The summed E-state index contributed by atoms with van der Waals surface area (Å²) in [5, 5.41) is 21.9. The predicted molar refractivity (Wildman–Crippen MR) is 82.7 cm³/mol. The fraction of sp³-hybridized carbons (Fsp3) is 0.375. The summed E-state index contributed by atoms with van der Waals surface area (Å²) in [5.74, 6) is -1.64.